The molecule has 2 N–H and O–H groups in total. The summed E-state index contributed by atoms with van der Waals surface area (Å²) in [5, 5.41) is 0. The molecule has 0 amide bonds. The number of aromatic nitrogens is 1. The minimum Gasteiger partial charge on any atom is -0.354 e. The van der Waals surface area contributed by atoms with E-state index in [9.17, 15) is 0 Å². The maximum atomic E-state index is 5.80. The summed E-state index contributed by atoms with van der Waals surface area (Å²) in [4.78, 5) is 6.87. The fourth-order valence-electron chi connectivity index (χ4n) is 2.04. The van der Waals surface area contributed by atoms with Crippen LogP contribution in [-0.4, -0.2) is 17.6 Å². The predicted molar refractivity (Wildman–Crippen MR) is 62.9 cm³/mol. The smallest absolute Gasteiger partial charge is 0.133 e. The molecule has 0 atom stereocenters. The summed E-state index contributed by atoms with van der Waals surface area (Å²) in [6, 6.07) is 2.74. The molecule has 1 aliphatic carbocycles. The minimum absolute atomic E-state index is 0.582. The van der Waals surface area contributed by atoms with Crippen LogP contribution in [0.15, 0.2) is 12.3 Å². The van der Waals surface area contributed by atoms with Gasteiger partial charge in [0.2, 0.25) is 0 Å². The van der Waals surface area contributed by atoms with Gasteiger partial charge in [-0.25, -0.2) is 4.98 Å². The van der Waals surface area contributed by atoms with Crippen molar-refractivity contribution in [1.29, 1.82) is 0 Å². The molecule has 1 aliphatic rings. The van der Waals surface area contributed by atoms with Crippen LogP contribution < -0.4 is 10.6 Å². The van der Waals surface area contributed by atoms with Crippen LogP contribution >= 0.6 is 0 Å². The van der Waals surface area contributed by atoms with Gasteiger partial charge in [-0.2, -0.15) is 0 Å². The first-order chi connectivity index (χ1) is 7.27. The third kappa shape index (κ3) is 1.97. The van der Waals surface area contributed by atoms with E-state index in [4.69, 9.17) is 5.73 Å². The number of nitrogens with two attached hydrogens (primary N) is 1. The van der Waals surface area contributed by atoms with Crippen LogP contribution in [-0.2, 0) is 6.54 Å². The van der Waals surface area contributed by atoms with E-state index in [1.807, 2.05) is 12.3 Å². The Hall–Kier alpha value is -1.09. The summed E-state index contributed by atoms with van der Waals surface area (Å²) in [5.74, 6) is 1.10. The lowest BCUT2D eigenvalue weighted by Crippen LogP contribution is -2.28. The highest BCUT2D eigenvalue weighted by molar-refractivity contribution is 5.51. The lowest BCUT2D eigenvalue weighted by Gasteiger charge is -2.24. The van der Waals surface area contributed by atoms with Crippen LogP contribution in [0, 0.1) is 6.92 Å². The molecule has 0 aromatic carbocycles. The fraction of sp³-hybridized carbons (Fsp3) is 0.583. The average Bonchev–Trinajstić information content (AvgIpc) is 3.04. The first-order valence-corrected chi connectivity index (χ1v) is 5.69. The topological polar surface area (TPSA) is 42.2 Å². The maximum absolute atomic E-state index is 5.80. The van der Waals surface area contributed by atoms with E-state index in [1.54, 1.807) is 0 Å². The fourth-order valence-corrected chi connectivity index (χ4v) is 2.04. The van der Waals surface area contributed by atoms with E-state index in [-0.39, 0.29) is 0 Å². The van der Waals surface area contributed by atoms with Crippen molar-refractivity contribution in [2.45, 2.75) is 39.3 Å². The molecule has 1 heterocycles. The standard InChI is InChI=1S/C12H19N3/c1-3-15(10-4-5-10)12-11(8-13)9(2)6-7-14-12/h6-7,10H,3-5,8,13H2,1-2H3. The first kappa shape index (κ1) is 10.4. The molecular formula is C12H19N3. The Bertz CT molecular complexity index is 345. The van der Waals surface area contributed by atoms with Gasteiger partial charge in [0.15, 0.2) is 0 Å². The zero-order valence-corrected chi connectivity index (χ0v) is 9.53. The molecule has 0 unspecified atom stereocenters. The van der Waals surface area contributed by atoms with E-state index < -0.39 is 0 Å². The van der Waals surface area contributed by atoms with Gasteiger partial charge in [0.05, 0.1) is 0 Å². The van der Waals surface area contributed by atoms with Crippen LogP contribution in [0.5, 0.6) is 0 Å². The van der Waals surface area contributed by atoms with E-state index in [1.165, 1.54) is 24.0 Å². The number of rotatable bonds is 4. The molecule has 3 nitrogen and oxygen atoms in total. The largest absolute Gasteiger partial charge is 0.354 e. The second kappa shape index (κ2) is 4.19. The molecule has 15 heavy (non-hydrogen) atoms. The van der Waals surface area contributed by atoms with Crippen LogP contribution in [0.4, 0.5) is 5.82 Å². The molecule has 0 radical (unpaired) electrons. The second-order valence-corrected chi connectivity index (χ2v) is 4.15. The van der Waals surface area contributed by atoms with Crippen molar-refractivity contribution >= 4 is 5.82 Å². The molecule has 0 spiro atoms. The molecular weight excluding hydrogens is 186 g/mol. The van der Waals surface area contributed by atoms with Crippen molar-refractivity contribution < 1.29 is 0 Å². The summed E-state index contributed by atoms with van der Waals surface area (Å²) >= 11 is 0. The van der Waals surface area contributed by atoms with Crippen LogP contribution in [0.1, 0.15) is 30.9 Å². The molecule has 1 fully saturated rings. The molecule has 0 saturated heterocycles. The zero-order valence-electron chi connectivity index (χ0n) is 9.53. The van der Waals surface area contributed by atoms with Gasteiger partial charge in [0.25, 0.3) is 0 Å². The number of nitrogens with zero attached hydrogens (tertiary/aromatic N) is 2. The average molecular weight is 205 g/mol. The second-order valence-electron chi connectivity index (χ2n) is 4.15. The summed E-state index contributed by atoms with van der Waals surface area (Å²) in [6.07, 6.45) is 4.48. The van der Waals surface area contributed by atoms with Crippen molar-refractivity contribution in [3.8, 4) is 0 Å². The lowest BCUT2D eigenvalue weighted by atomic mass is 10.1. The molecule has 0 bridgehead atoms. The van der Waals surface area contributed by atoms with E-state index in [0.29, 0.717) is 12.6 Å². The van der Waals surface area contributed by atoms with Gasteiger partial charge < -0.3 is 10.6 Å². The molecule has 1 saturated carbocycles. The van der Waals surface area contributed by atoms with Crippen molar-refractivity contribution in [2.24, 2.45) is 5.73 Å². The third-order valence-corrected chi connectivity index (χ3v) is 3.07. The summed E-state index contributed by atoms with van der Waals surface area (Å²) in [7, 11) is 0. The maximum Gasteiger partial charge on any atom is 0.133 e. The van der Waals surface area contributed by atoms with Crippen molar-refractivity contribution in [2.75, 3.05) is 11.4 Å². The molecule has 1 aromatic heterocycles. The van der Waals surface area contributed by atoms with Gasteiger partial charge in [-0.15, -0.1) is 0 Å². The highest BCUT2D eigenvalue weighted by Gasteiger charge is 2.30. The third-order valence-electron chi connectivity index (χ3n) is 3.07. The van der Waals surface area contributed by atoms with Gasteiger partial charge in [0.1, 0.15) is 5.82 Å². The lowest BCUT2D eigenvalue weighted by molar-refractivity contribution is 0.794. The highest BCUT2D eigenvalue weighted by atomic mass is 15.2. The van der Waals surface area contributed by atoms with Gasteiger partial charge in [-0.3, -0.25) is 0 Å². The molecule has 82 valence electrons. The Morgan fingerprint density at radius 2 is 2.27 bits per heavy atom. The predicted octanol–water partition coefficient (Wildman–Crippen LogP) is 1.84. The summed E-state index contributed by atoms with van der Waals surface area (Å²) in [6.45, 7) is 5.89. The number of anilines is 1. The van der Waals surface area contributed by atoms with Crippen LogP contribution in [0.25, 0.3) is 0 Å². The normalized spacial score (nSPS) is 15.4. The van der Waals surface area contributed by atoms with Gasteiger partial charge in [0, 0.05) is 30.9 Å². The number of hydrogen-bond donors (Lipinski definition) is 1. The van der Waals surface area contributed by atoms with Gasteiger partial charge in [-0.1, -0.05) is 0 Å². The number of pyridine rings is 1. The number of hydrogen-bond acceptors (Lipinski definition) is 3. The summed E-state index contributed by atoms with van der Waals surface area (Å²) < 4.78 is 0. The Balaban J connectivity index is 2.36. The minimum atomic E-state index is 0.582. The highest BCUT2D eigenvalue weighted by Crippen LogP contribution is 2.32. The van der Waals surface area contributed by atoms with Gasteiger partial charge in [-0.05, 0) is 38.3 Å². The molecule has 0 aliphatic heterocycles. The van der Waals surface area contributed by atoms with Crippen LogP contribution in [0.2, 0.25) is 0 Å². The zero-order chi connectivity index (χ0) is 10.8. The monoisotopic (exact) mass is 205 g/mol. The quantitative estimate of drug-likeness (QED) is 0.815. The number of aryl methyl sites for hydroxylation is 1. The van der Waals surface area contributed by atoms with Crippen LogP contribution in [0.3, 0.4) is 0 Å². The van der Waals surface area contributed by atoms with E-state index in [2.05, 4.69) is 23.7 Å². The van der Waals surface area contributed by atoms with E-state index in [0.717, 1.165) is 12.4 Å². The Kier molecular flexibility index (Phi) is 2.91. The summed E-state index contributed by atoms with van der Waals surface area (Å²) in [5.41, 5.74) is 8.25. The first-order valence-electron chi connectivity index (χ1n) is 5.69. The van der Waals surface area contributed by atoms with E-state index >= 15 is 0 Å². The molecule has 2 rings (SSSR count). The molecule has 1 aromatic rings. The Morgan fingerprint density at radius 1 is 1.53 bits per heavy atom. The van der Waals surface area contributed by atoms with Crippen molar-refractivity contribution in [3.63, 3.8) is 0 Å². The Labute approximate surface area is 91.3 Å². The van der Waals surface area contributed by atoms with Crippen molar-refractivity contribution in [3.05, 3.63) is 23.4 Å². The Morgan fingerprint density at radius 3 is 2.80 bits per heavy atom. The SMILES string of the molecule is CCN(c1nccc(C)c1CN)C1CC1. The van der Waals surface area contributed by atoms with Gasteiger partial charge >= 0.3 is 0 Å². The van der Waals surface area contributed by atoms with Crippen molar-refractivity contribution in [1.82, 2.24) is 4.98 Å². The molecule has 3 heteroatoms.